The first-order valence-corrected chi connectivity index (χ1v) is 8.63. The smallest absolute Gasteiger partial charge is 0.162 e. The van der Waals surface area contributed by atoms with Crippen LogP contribution in [0.2, 0.25) is 0 Å². The van der Waals surface area contributed by atoms with E-state index < -0.39 is 0 Å². The number of ether oxygens (including phenoxy) is 2. The van der Waals surface area contributed by atoms with Gasteiger partial charge in [0.25, 0.3) is 0 Å². The van der Waals surface area contributed by atoms with Crippen LogP contribution in [-0.4, -0.2) is 32.1 Å². The summed E-state index contributed by atoms with van der Waals surface area (Å²) in [4.78, 5) is 1.29. The van der Waals surface area contributed by atoms with E-state index >= 15 is 0 Å². The second-order valence-corrected chi connectivity index (χ2v) is 6.66. The van der Waals surface area contributed by atoms with Gasteiger partial charge in [-0.05, 0) is 62.2 Å². The zero-order valence-electron chi connectivity index (χ0n) is 11.9. The van der Waals surface area contributed by atoms with Gasteiger partial charge in [-0.25, -0.2) is 0 Å². The molecule has 20 heavy (non-hydrogen) atoms. The quantitative estimate of drug-likeness (QED) is 0.863. The molecule has 0 aromatic heterocycles. The predicted octanol–water partition coefficient (Wildman–Crippen LogP) is 3.33. The van der Waals surface area contributed by atoms with Crippen LogP contribution in [-0.2, 0) is 0 Å². The maximum Gasteiger partial charge on any atom is 0.162 e. The van der Waals surface area contributed by atoms with E-state index in [1.165, 1.54) is 43.0 Å². The third kappa shape index (κ3) is 3.83. The highest BCUT2D eigenvalue weighted by Gasteiger charge is 2.14. The van der Waals surface area contributed by atoms with E-state index in [-0.39, 0.29) is 0 Å². The second-order valence-electron chi connectivity index (χ2n) is 5.49. The highest BCUT2D eigenvalue weighted by Crippen LogP contribution is 2.34. The average Bonchev–Trinajstić information content (AvgIpc) is 2.73. The maximum absolute atomic E-state index is 5.74. The zero-order chi connectivity index (χ0) is 13.6. The highest BCUT2D eigenvalue weighted by atomic mass is 32.2. The molecule has 1 aromatic carbocycles. The van der Waals surface area contributed by atoms with Crippen molar-refractivity contribution in [2.24, 2.45) is 5.92 Å². The van der Waals surface area contributed by atoms with E-state index in [4.69, 9.17) is 9.47 Å². The molecule has 2 heterocycles. The minimum Gasteiger partial charge on any atom is -0.490 e. The van der Waals surface area contributed by atoms with Crippen molar-refractivity contribution in [2.45, 2.75) is 30.6 Å². The predicted molar refractivity (Wildman–Crippen MR) is 83.0 cm³/mol. The van der Waals surface area contributed by atoms with Crippen molar-refractivity contribution in [1.29, 1.82) is 0 Å². The zero-order valence-corrected chi connectivity index (χ0v) is 12.7. The molecule has 4 heteroatoms. The van der Waals surface area contributed by atoms with Crippen LogP contribution in [0, 0.1) is 5.92 Å². The fraction of sp³-hybridized carbons (Fsp3) is 0.625. The van der Waals surface area contributed by atoms with E-state index in [0.717, 1.165) is 37.1 Å². The molecule has 1 N–H and O–H groups in total. The average molecular weight is 293 g/mol. The Morgan fingerprint density at radius 2 is 1.90 bits per heavy atom. The summed E-state index contributed by atoms with van der Waals surface area (Å²) >= 11 is 1.94. The first kappa shape index (κ1) is 14.1. The Morgan fingerprint density at radius 1 is 1.10 bits per heavy atom. The van der Waals surface area contributed by atoms with Crippen LogP contribution in [0.3, 0.4) is 0 Å². The van der Waals surface area contributed by atoms with Gasteiger partial charge in [0.2, 0.25) is 0 Å². The van der Waals surface area contributed by atoms with Gasteiger partial charge in [-0.2, -0.15) is 0 Å². The summed E-state index contributed by atoms with van der Waals surface area (Å²) in [5.41, 5.74) is 0. The van der Waals surface area contributed by atoms with Crippen molar-refractivity contribution in [2.75, 3.05) is 32.1 Å². The highest BCUT2D eigenvalue weighted by molar-refractivity contribution is 7.99. The SMILES string of the molecule is c1cc2c(cc1SCCC1CCNCC1)OCCCO2. The standard InChI is InChI=1S/C16H23NO2S/c1-9-18-15-3-2-14(12-16(15)19-10-1)20-11-6-13-4-7-17-8-5-13/h2-3,12-13,17H,1,4-11H2. The number of nitrogens with one attached hydrogen (secondary N) is 1. The Morgan fingerprint density at radius 3 is 2.75 bits per heavy atom. The van der Waals surface area contributed by atoms with Crippen LogP contribution in [0.15, 0.2) is 23.1 Å². The molecule has 0 atom stereocenters. The molecule has 110 valence electrons. The summed E-state index contributed by atoms with van der Waals surface area (Å²) in [5.74, 6) is 3.91. The van der Waals surface area contributed by atoms with Crippen LogP contribution >= 0.6 is 11.8 Å². The van der Waals surface area contributed by atoms with Gasteiger partial charge in [0.05, 0.1) is 13.2 Å². The molecule has 0 bridgehead atoms. The fourth-order valence-corrected chi connectivity index (χ4v) is 3.79. The lowest BCUT2D eigenvalue weighted by atomic mass is 9.96. The van der Waals surface area contributed by atoms with E-state index in [1.54, 1.807) is 0 Å². The molecule has 3 nitrogen and oxygen atoms in total. The molecule has 0 spiro atoms. The summed E-state index contributed by atoms with van der Waals surface area (Å²) in [5, 5.41) is 3.43. The first-order chi connectivity index (χ1) is 9.92. The van der Waals surface area contributed by atoms with E-state index in [2.05, 4.69) is 17.4 Å². The Labute approximate surface area is 125 Å². The van der Waals surface area contributed by atoms with Crippen molar-refractivity contribution in [1.82, 2.24) is 5.32 Å². The van der Waals surface area contributed by atoms with Gasteiger partial charge in [0.1, 0.15) is 0 Å². The number of piperidine rings is 1. The van der Waals surface area contributed by atoms with Gasteiger partial charge in [-0.15, -0.1) is 11.8 Å². The van der Waals surface area contributed by atoms with E-state index in [0.29, 0.717) is 0 Å². The molecule has 2 aliphatic rings. The van der Waals surface area contributed by atoms with Crippen LogP contribution in [0.5, 0.6) is 11.5 Å². The molecule has 0 radical (unpaired) electrons. The molecule has 2 aliphatic heterocycles. The van der Waals surface area contributed by atoms with Crippen molar-refractivity contribution in [3.63, 3.8) is 0 Å². The van der Waals surface area contributed by atoms with E-state index in [9.17, 15) is 0 Å². The van der Waals surface area contributed by atoms with Crippen LogP contribution in [0.4, 0.5) is 0 Å². The summed E-state index contributed by atoms with van der Waals surface area (Å²) in [7, 11) is 0. The second kappa shape index (κ2) is 7.23. The van der Waals surface area contributed by atoms with Crippen LogP contribution in [0.25, 0.3) is 0 Å². The normalized spacial score (nSPS) is 19.6. The lowest BCUT2D eigenvalue weighted by Crippen LogP contribution is -2.27. The molecule has 1 aromatic rings. The molecule has 0 saturated carbocycles. The Balaban J connectivity index is 1.51. The Bertz CT molecular complexity index is 432. The van der Waals surface area contributed by atoms with Crippen LogP contribution < -0.4 is 14.8 Å². The van der Waals surface area contributed by atoms with Crippen molar-refractivity contribution >= 4 is 11.8 Å². The summed E-state index contributed by atoms with van der Waals surface area (Å²) < 4.78 is 11.4. The third-order valence-corrected chi connectivity index (χ3v) is 5.00. The van der Waals surface area contributed by atoms with Gasteiger partial charge >= 0.3 is 0 Å². The van der Waals surface area contributed by atoms with Gasteiger partial charge in [0.15, 0.2) is 11.5 Å². The molecule has 1 saturated heterocycles. The number of hydrogen-bond donors (Lipinski definition) is 1. The monoisotopic (exact) mass is 293 g/mol. The molecule has 0 aliphatic carbocycles. The van der Waals surface area contributed by atoms with Crippen LogP contribution in [0.1, 0.15) is 25.7 Å². The number of hydrogen-bond acceptors (Lipinski definition) is 4. The van der Waals surface area contributed by atoms with Gasteiger partial charge < -0.3 is 14.8 Å². The molecule has 0 amide bonds. The van der Waals surface area contributed by atoms with Crippen molar-refractivity contribution in [3.05, 3.63) is 18.2 Å². The molecule has 0 unspecified atom stereocenters. The molecule has 3 rings (SSSR count). The number of thioether (sulfide) groups is 1. The van der Waals surface area contributed by atoms with Gasteiger partial charge in [0, 0.05) is 11.3 Å². The molecule has 1 fully saturated rings. The topological polar surface area (TPSA) is 30.5 Å². The first-order valence-electron chi connectivity index (χ1n) is 7.65. The van der Waals surface area contributed by atoms with Gasteiger partial charge in [-0.1, -0.05) is 0 Å². The van der Waals surface area contributed by atoms with Crippen molar-refractivity contribution in [3.8, 4) is 11.5 Å². The third-order valence-electron chi connectivity index (χ3n) is 3.97. The summed E-state index contributed by atoms with van der Waals surface area (Å²) in [6.07, 6.45) is 4.96. The minimum absolute atomic E-state index is 0.759. The largest absolute Gasteiger partial charge is 0.490 e. The maximum atomic E-state index is 5.74. The van der Waals surface area contributed by atoms with Crippen molar-refractivity contribution < 1.29 is 9.47 Å². The number of rotatable bonds is 4. The lowest BCUT2D eigenvalue weighted by Gasteiger charge is -2.22. The summed E-state index contributed by atoms with van der Waals surface area (Å²) in [6, 6.07) is 6.34. The number of fused-ring (bicyclic) bond motifs is 1. The summed E-state index contributed by atoms with van der Waals surface area (Å²) in [6.45, 7) is 3.91. The fourth-order valence-electron chi connectivity index (χ4n) is 2.75. The number of benzene rings is 1. The molecular formula is C16H23NO2S. The van der Waals surface area contributed by atoms with Gasteiger partial charge in [-0.3, -0.25) is 0 Å². The Kier molecular flexibility index (Phi) is 5.09. The minimum atomic E-state index is 0.759. The molecular weight excluding hydrogens is 270 g/mol. The van der Waals surface area contributed by atoms with E-state index in [1.807, 2.05) is 17.8 Å². The Hall–Kier alpha value is -0.870. The lowest BCUT2D eigenvalue weighted by molar-refractivity contribution is 0.297.